The van der Waals surface area contributed by atoms with Gasteiger partial charge in [0, 0.05) is 18.7 Å². The van der Waals surface area contributed by atoms with Crippen LogP contribution in [0.15, 0.2) is 21.9 Å². The first-order valence-electron chi connectivity index (χ1n) is 6.85. The molecule has 2 heterocycles. The zero-order valence-corrected chi connectivity index (χ0v) is 15.6. The van der Waals surface area contributed by atoms with Crippen LogP contribution in [0.5, 0.6) is 0 Å². The predicted octanol–water partition coefficient (Wildman–Crippen LogP) is -1.09. The first-order valence-corrected chi connectivity index (χ1v) is 11.1. The highest BCUT2D eigenvalue weighted by Gasteiger charge is 2.48. The van der Waals surface area contributed by atoms with Crippen LogP contribution in [0.4, 0.5) is 0 Å². The number of rotatable bonds is 7. The van der Waals surface area contributed by atoms with Crippen molar-refractivity contribution in [2.75, 3.05) is 0 Å². The number of nitrogens with zero attached hydrogens (tertiary/aromatic N) is 1. The van der Waals surface area contributed by atoms with E-state index >= 15 is 0 Å². The highest BCUT2D eigenvalue weighted by atomic mass is 31.3. The molecule has 2 unspecified atom stereocenters. The Kier molecular flexibility index (Phi) is 6.55. The van der Waals surface area contributed by atoms with Crippen molar-refractivity contribution in [1.82, 2.24) is 9.55 Å². The minimum Gasteiger partial charge on any atom is -0.376 e. The smallest absolute Gasteiger partial charge is 0.376 e. The molecule has 1 saturated heterocycles. The molecular weight excluding hydrogens is 437 g/mol. The number of ether oxygens (including phenoxy) is 1. The van der Waals surface area contributed by atoms with E-state index in [4.69, 9.17) is 14.5 Å². The van der Waals surface area contributed by atoms with Crippen molar-refractivity contribution in [3.63, 3.8) is 0 Å². The molecule has 0 aliphatic carbocycles. The molecule has 0 spiro atoms. The van der Waals surface area contributed by atoms with Crippen LogP contribution in [0.25, 0.3) is 0 Å². The summed E-state index contributed by atoms with van der Waals surface area (Å²) in [5, 5.41) is 9.69. The predicted molar refractivity (Wildman–Crippen MR) is 82.0 cm³/mol. The van der Waals surface area contributed by atoms with Crippen LogP contribution >= 0.6 is 23.3 Å². The van der Waals surface area contributed by atoms with Crippen LogP contribution in [0, 0.1) is 0 Å². The number of aromatic amines is 1. The number of aliphatic hydroxyl groups is 1. The molecule has 0 radical (unpaired) electrons. The second-order valence-corrected chi connectivity index (χ2v) is 9.07. The lowest BCUT2D eigenvalue weighted by Crippen LogP contribution is -2.33. The minimum absolute atomic E-state index is 0.508. The second-order valence-electron chi connectivity index (χ2n) is 5.19. The zero-order chi connectivity index (χ0) is 20.6. The van der Waals surface area contributed by atoms with Gasteiger partial charge in [-0.1, -0.05) is 0 Å². The van der Waals surface area contributed by atoms with Crippen molar-refractivity contribution in [3.05, 3.63) is 33.1 Å². The summed E-state index contributed by atoms with van der Waals surface area (Å²) in [5.74, 6) is -2.25. The zero-order valence-electron chi connectivity index (χ0n) is 12.9. The lowest BCUT2D eigenvalue weighted by atomic mass is 10.2. The van der Waals surface area contributed by atoms with Gasteiger partial charge >= 0.3 is 29.0 Å². The van der Waals surface area contributed by atoms with Gasteiger partial charge in [0.05, 0.1) is 0 Å². The Balaban J connectivity index is 2.32. The van der Waals surface area contributed by atoms with Gasteiger partial charge in [-0.3, -0.25) is 18.9 Å². The first kappa shape index (κ1) is 22.1. The van der Waals surface area contributed by atoms with Crippen molar-refractivity contribution in [2.45, 2.75) is 30.7 Å². The summed E-state index contributed by atoms with van der Waals surface area (Å²) in [6.07, 6.45) is -4.40. The molecule has 1 aliphatic heterocycles. The number of nitrogens with one attached hydrogen (secondary N) is 1. The number of phosphoric acid groups is 2. The topological polar surface area (TPSA) is 232 Å². The van der Waals surface area contributed by atoms with Crippen LogP contribution in [0.1, 0.15) is 12.6 Å². The molecule has 2 rings (SSSR count). The van der Waals surface area contributed by atoms with E-state index in [-0.39, 0.29) is 0 Å². The molecular formula is C9H13N2O13P3. The Morgan fingerprint density at radius 1 is 1.30 bits per heavy atom. The molecule has 0 amide bonds. The van der Waals surface area contributed by atoms with E-state index in [9.17, 15) is 37.8 Å². The Morgan fingerprint density at radius 3 is 2.44 bits per heavy atom. The number of H-pyrrole nitrogens is 1. The largest absolute Gasteiger partial charge is 0.481 e. The molecule has 27 heavy (non-hydrogen) atoms. The molecule has 0 saturated carbocycles. The SMILES string of the molecule is O=c1ccn([C@H]2C[C@H](OP(=O)(O)OP(=O)(O)O)[C@@H](C(O)P(=O)=O)O2)c(=O)[nH]1. The van der Waals surface area contributed by atoms with Crippen molar-refractivity contribution in [2.24, 2.45) is 0 Å². The van der Waals surface area contributed by atoms with Gasteiger partial charge in [0.25, 0.3) is 5.56 Å². The summed E-state index contributed by atoms with van der Waals surface area (Å²) < 4.78 is 58.6. The summed E-state index contributed by atoms with van der Waals surface area (Å²) >= 11 is 0. The molecule has 5 atom stereocenters. The van der Waals surface area contributed by atoms with Gasteiger partial charge in [-0.05, 0) is 0 Å². The van der Waals surface area contributed by atoms with Gasteiger partial charge < -0.3 is 24.5 Å². The van der Waals surface area contributed by atoms with Crippen molar-refractivity contribution in [1.29, 1.82) is 0 Å². The summed E-state index contributed by atoms with van der Waals surface area (Å²) in [6, 6.07) is 0.937. The Morgan fingerprint density at radius 2 is 1.93 bits per heavy atom. The van der Waals surface area contributed by atoms with E-state index in [2.05, 4.69) is 8.83 Å². The molecule has 15 nitrogen and oxygen atoms in total. The fourth-order valence-electron chi connectivity index (χ4n) is 2.30. The van der Waals surface area contributed by atoms with E-state index in [1.165, 1.54) is 0 Å². The Labute approximate surface area is 149 Å². The number of aromatic nitrogens is 2. The third-order valence-electron chi connectivity index (χ3n) is 3.26. The summed E-state index contributed by atoms with van der Waals surface area (Å²) in [6.45, 7) is 0. The van der Waals surface area contributed by atoms with Crippen molar-refractivity contribution < 1.29 is 51.6 Å². The standard InChI is InChI=1S/C9H13N2O13P3/c12-5-1-2-11(9(14)10-5)6-3-4(7(22-6)8(13)25(15)16)23-27(20,21)24-26(17,18)19/h1-2,4,6-8,13H,3H2,(H,20,21)(H,10,12,14)(H2,17,18,19)/t4-,6+,7-,8?/m0/s1. The molecule has 5 N–H and O–H groups in total. The number of aliphatic hydroxyl groups excluding tert-OH is 1. The summed E-state index contributed by atoms with van der Waals surface area (Å²) in [4.78, 5) is 51.4. The van der Waals surface area contributed by atoms with Crippen LogP contribution in [0.2, 0.25) is 0 Å². The van der Waals surface area contributed by atoms with E-state index in [0.717, 1.165) is 16.8 Å². The lowest BCUT2D eigenvalue weighted by Gasteiger charge is -2.21. The third kappa shape index (κ3) is 5.87. The van der Waals surface area contributed by atoms with Crippen LogP contribution < -0.4 is 11.2 Å². The fourth-order valence-corrected chi connectivity index (χ4v) is 4.58. The molecule has 1 fully saturated rings. The maximum atomic E-state index is 11.8. The van der Waals surface area contributed by atoms with E-state index in [0.29, 0.717) is 0 Å². The summed E-state index contributed by atoms with van der Waals surface area (Å²) in [7, 11) is -14.4. The van der Waals surface area contributed by atoms with Crippen LogP contribution in [0.3, 0.4) is 0 Å². The van der Waals surface area contributed by atoms with Gasteiger partial charge in [-0.2, -0.15) is 4.31 Å². The molecule has 0 aromatic carbocycles. The fraction of sp³-hybridized carbons (Fsp3) is 0.556. The Bertz CT molecular complexity index is 968. The maximum absolute atomic E-state index is 11.8. The number of hydrogen-bond donors (Lipinski definition) is 5. The highest BCUT2D eigenvalue weighted by Crippen LogP contribution is 2.59. The molecule has 1 aromatic heterocycles. The van der Waals surface area contributed by atoms with Crippen molar-refractivity contribution in [3.8, 4) is 0 Å². The minimum atomic E-state index is -5.45. The number of hydrogen-bond acceptors (Lipinski definition) is 10. The average Bonchev–Trinajstić information content (AvgIpc) is 2.86. The Hall–Kier alpha value is -1.24. The molecule has 18 heteroatoms. The van der Waals surface area contributed by atoms with Gasteiger partial charge in [-0.15, -0.1) is 0 Å². The highest BCUT2D eigenvalue weighted by molar-refractivity contribution is 7.60. The summed E-state index contributed by atoms with van der Waals surface area (Å²) in [5.41, 5.74) is -1.71. The second kappa shape index (κ2) is 8.02. The van der Waals surface area contributed by atoms with E-state index < -0.39 is 65.3 Å². The van der Waals surface area contributed by atoms with E-state index in [1.54, 1.807) is 0 Å². The lowest BCUT2D eigenvalue weighted by molar-refractivity contribution is -0.0582. The molecule has 1 aliphatic rings. The monoisotopic (exact) mass is 450 g/mol. The van der Waals surface area contributed by atoms with Crippen molar-refractivity contribution >= 4 is 23.3 Å². The molecule has 1 aromatic rings. The maximum Gasteiger partial charge on any atom is 0.481 e. The van der Waals surface area contributed by atoms with Crippen LogP contribution in [-0.2, 0) is 31.8 Å². The van der Waals surface area contributed by atoms with Gasteiger partial charge in [0.2, 0.25) is 0 Å². The van der Waals surface area contributed by atoms with Gasteiger partial charge in [-0.25, -0.2) is 23.1 Å². The third-order valence-corrected chi connectivity index (χ3v) is 6.20. The quantitative estimate of drug-likeness (QED) is 0.311. The first-order chi connectivity index (χ1) is 12.3. The molecule has 0 bridgehead atoms. The van der Waals surface area contributed by atoms with Gasteiger partial charge in [0.1, 0.15) is 18.4 Å². The van der Waals surface area contributed by atoms with E-state index in [1.807, 2.05) is 4.98 Å². The number of phosphoric ester groups is 1. The van der Waals surface area contributed by atoms with Crippen LogP contribution in [-0.4, -0.2) is 47.4 Å². The molecule has 152 valence electrons. The average molecular weight is 450 g/mol. The van der Waals surface area contributed by atoms with Gasteiger partial charge in [0.15, 0.2) is 5.85 Å². The normalized spacial score (nSPS) is 26.4.